The molecule has 8 heteroatoms. The van der Waals surface area contributed by atoms with Gasteiger partial charge in [-0.3, -0.25) is 18.6 Å². The molecule has 144 valence electrons. The van der Waals surface area contributed by atoms with E-state index in [0.717, 1.165) is 5.56 Å². The van der Waals surface area contributed by atoms with E-state index >= 15 is 0 Å². The zero-order chi connectivity index (χ0) is 19.8. The van der Waals surface area contributed by atoms with Crippen LogP contribution in [-0.2, 0) is 19.6 Å². The molecule has 0 aliphatic heterocycles. The minimum atomic E-state index is -0.336. The lowest BCUT2D eigenvalue weighted by atomic mass is 10.2. The van der Waals surface area contributed by atoms with E-state index in [0.29, 0.717) is 41.9 Å². The summed E-state index contributed by atoms with van der Waals surface area (Å²) in [5.41, 5.74) is 2.28. The van der Waals surface area contributed by atoms with E-state index in [1.54, 1.807) is 52.8 Å². The summed E-state index contributed by atoms with van der Waals surface area (Å²) in [6, 6.07) is 8.34. The van der Waals surface area contributed by atoms with E-state index in [1.807, 2.05) is 6.92 Å². The van der Waals surface area contributed by atoms with Crippen molar-refractivity contribution >= 4 is 11.0 Å². The first-order chi connectivity index (χ1) is 13.5. The number of hydrogen-bond donors (Lipinski definition) is 1. The van der Waals surface area contributed by atoms with Gasteiger partial charge in [0.1, 0.15) is 11.3 Å². The Bertz CT molecular complexity index is 1280. The standard InChI is InChI=1S/C20H20FN5O2/c1-3-25-17-9-16(23-18(17)19(27)26(4-2)20(25)28)14-10-22-24(12-14)11-13-7-5-6-8-15(13)21/h5-10,12,23H,3-4,11H2,1-2H3. The molecule has 0 unspecified atom stereocenters. The molecule has 1 aromatic carbocycles. The fourth-order valence-corrected chi connectivity index (χ4v) is 3.42. The molecular weight excluding hydrogens is 361 g/mol. The largest absolute Gasteiger partial charge is 0.349 e. The third kappa shape index (κ3) is 2.87. The number of fused-ring (bicyclic) bond motifs is 1. The van der Waals surface area contributed by atoms with Crippen molar-refractivity contribution in [1.29, 1.82) is 0 Å². The fraction of sp³-hybridized carbons (Fsp3) is 0.250. The van der Waals surface area contributed by atoms with Gasteiger partial charge in [0.25, 0.3) is 5.56 Å². The molecule has 28 heavy (non-hydrogen) atoms. The normalized spacial score (nSPS) is 11.4. The summed E-state index contributed by atoms with van der Waals surface area (Å²) in [4.78, 5) is 28.3. The minimum Gasteiger partial charge on any atom is -0.349 e. The lowest BCUT2D eigenvalue weighted by molar-refractivity contribution is 0.585. The second-order valence-electron chi connectivity index (χ2n) is 6.54. The van der Waals surface area contributed by atoms with E-state index in [9.17, 15) is 14.0 Å². The lowest BCUT2D eigenvalue weighted by Gasteiger charge is -2.07. The molecule has 7 nitrogen and oxygen atoms in total. The van der Waals surface area contributed by atoms with E-state index in [-0.39, 0.29) is 17.1 Å². The number of hydrogen-bond acceptors (Lipinski definition) is 3. The van der Waals surface area contributed by atoms with Gasteiger partial charge >= 0.3 is 5.69 Å². The maximum Gasteiger partial charge on any atom is 0.331 e. The van der Waals surface area contributed by atoms with E-state index in [2.05, 4.69) is 10.1 Å². The van der Waals surface area contributed by atoms with Crippen molar-refractivity contribution in [3.05, 3.63) is 74.9 Å². The van der Waals surface area contributed by atoms with Crippen LogP contribution < -0.4 is 11.2 Å². The van der Waals surface area contributed by atoms with Gasteiger partial charge in [0.15, 0.2) is 0 Å². The molecule has 0 atom stereocenters. The number of aromatic nitrogens is 5. The highest BCUT2D eigenvalue weighted by atomic mass is 19.1. The zero-order valence-electron chi connectivity index (χ0n) is 15.6. The Hall–Kier alpha value is -3.42. The van der Waals surface area contributed by atoms with Gasteiger partial charge in [-0.25, -0.2) is 9.18 Å². The molecule has 0 spiro atoms. The number of halogens is 1. The summed E-state index contributed by atoms with van der Waals surface area (Å²) in [6.45, 7) is 4.70. The summed E-state index contributed by atoms with van der Waals surface area (Å²) >= 11 is 0. The van der Waals surface area contributed by atoms with Crippen molar-refractivity contribution in [3.8, 4) is 11.3 Å². The van der Waals surface area contributed by atoms with Gasteiger partial charge in [0.2, 0.25) is 0 Å². The Morgan fingerprint density at radius 1 is 1.11 bits per heavy atom. The summed E-state index contributed by atoms with van der Waals surface area (Å²) in [7, 11) is 0. The summed E-state index contributed by atoms with van der Waals surface area (Å²) in [5.74, 6) is -0.280. The van der Waals surface area contributed by atoms with Crippen molar-refractivity contribution in [2.75, 3.05) is 0 Å². The van der Waals surface area contributed by atoms with Gasteiger partial charge in [0.05, 0.1) is 24.0 Å². The van der Waals surface area contributed by atoms with Crippen molar-refractivity contribution in [3.63, 3.8) is 0 Å². The third-order valence-corrected chi connectivity index (χ3v) is 4.88. The number of nitrogens with one attached hydrogen (secondary N) is 1. The van der Waals surface area contributed by atoms with E-state index in [1.165, 1.54) is 10.6 Å². The van der Waals surface area contributed by atoms with Gasteiger partial charge < -0.3 is 4.98 Å². The molecule has 0 saturated heterocycles. The van der Waals surface area contributed by atoms with Crippen LogP contribution in [0, 0.1) is 5.82 Å². The van der Waals surface area contributed by atoms with Crippen molar-refractivity contribution in [2.24, 2.45) is 0 Å². The Morgan fingerprint density at radius 2 is 1.86 bits per heavy atom. The first-order valence-electron chi connectivity index (χ1n) is 9.16. The number of benzene rings is 1. The molecule has 0 amide bonds. The molecule has 4 aromatic rings. The van der Waals surface area contributed by atoms with Crippen LogP contribution in [0.25, 0.3) is 22.3 Å². The summed E-state index contributed by atoms with van der Waals surface area (Å²) < 4.78 is 18.3. The Labute approximate surface area is 159 Å². The second-order valence-corrected chi connectivity index (χ2v) is 6.54. The molecular formula is C20H20FN5O2. The average molecular weight is 381 g/mol. The number of nitrogens with zero attached hydrogens (tertiary/aromatic N) is 4. The van der Waals surface area contributed by atoms with Gasteiger partial charge in [0, 0.05) is 30.4 Å². The minimum absolute atomic E-state index is 0.280. The molecule has 0 bridgehead atoms. The predicted octanol–water partition coefficient (Wildman–Crippen LogP) is 2.58. The lowest BCUT2D eigenvalue weighted by Crippen LogP contribution is -2.39. The Morgan fingerprint density at radius 3 is 2.57 bits per heavy atom. The molecule has 0 saturated carbocycles. The van der Waals surface area contributed by atoms with Crippen molar-refractivity contribution < 1.29 is 4.39 Å². The fourth-order valence-electron chi connectivity index (χ4n) is 3.42. The van der Waals surface area contributed by atoms with Crippen molar-refractivity contribution in [1.82, 2.24) is 23.9 Å². The van der Waals surface area contributed by atoms with Crippen LogP contribution in [-0.4, -0.2) is 23.9 Å². The number of H-pyrrole nitrogens is 1. The first kappa shape index (κ1) is 18.0. The SMILES string of the molecule is CCn1c(=O)c2[nH]c(-c3cnn(Cc4ccccc4F)c3)cc2n(CC)c1=O. The molecule has 3 aromatic heterocycles. The maximum atomic E-state index is 13.9. The number of rotatable bonds is 5. The van der Waals surface area contributed by atoms with Crippen LogP contribution in [0.2, 0.25) is 0 Å². The van der Waals surface area contributed by atoms with Crippen LogP contribution in [0.15, 0.2) is 52.3 Å². The van der Waals surface area contributed by atoms with Gasteiger partial charge in [-0.1, -0.05) is 18.2 Å². The van der Waals surface area contributed by atoms with E-state index in [4.69, 9.17) is 0 Å². The Balaban J connectivity index is 1.78. The van der Waals surface area contributed by atoms with Crippen LogP contribution in [0.5, 0.6) is 0 Å². The summed E-state index contributed by atoms with van der Waals surface area (Å²) in [6.07, 6.45) is 3.43. The van der Waals surface area contributed by atoms with Crippen LogP contribution in [0.3, 0.4) is 0 Å². The predicted molar refractivity (Wildman–Crippen MR) is 105 cm³/mol. The number of aryl methyl sites for hydroxylation is 1. The van der Waals surface area contributed by atoms with Crippen LogP contribution in [0.4, 0.5) is 4.39 Å². The molecule has 0 radical (unpaired) electrons. The molecule has 0 aliphatic rings. The monoisotopic (exact) mass is 381 g/mol. The highest BCUT2D eigenvalue weighted by Crippen LogP contribution is 2.22. The van der Waals surface area contributed by atoms with Crippen LogP contribution in [0.1, 0.15) is 19.4 Å². The summed E-state index contributed by atoms with van der Waals surface area (Å²) in [5, 5.41) is 4.29. The van der Waals surface area contributed by atoms with Crippen LogP contribution >= 0.6 is 0 Å². The maximum absolute atomic E-state index is 13.9. The van der Waals surface area contributed by atoms with Gasteiger partial charge in [-0.2, -0.15) is 5.10 Å². The second kappa shape index (κ2) is 6.95. The molecule has 1 N–H and O–H groups in total. The topological polar surface area (TPSA) is 77.6 Å². The van der Waals surface area contributed by atoms with Gasteiger partial charge in [-0.05, 0) is 26.0 Å². The first-order valence-corrected chi connectivity index (χ1v) is 9.16. The smallest absolute Gasteiger partial charge is 0.331 e. The highest BCUT2D eigenvalue weighted by molar-refractivity contribution is 5.82. The molecule has 0 aliphatic carbocycles. The number of aromatic amines is 1. The third-order valence-electron chi connectivity index (χ3n) is 4.88. The molecule has 0 fully saturated rings. The zero-order valence-corrected chi connectivity index (χ0v) is 15.6. The van der Waals surface area contributed by atoms with E-state index < -0.39 is 0 Å². The Kier molecular flexibility index (Phi) is 4.46. The van der Waals surface area contributed by atoms with Gasteiger partial charge in [-0.15, -0.1) is 0 Å². The molecule has 3 heterocycles. The highest BCUT2D eigenvalue weighted by Gasteiger charge is 2.16. The quantitative estimate of drug-likeness (QED) is 0.577. The van der Waals surface area contributed by atoms with Crippen molar-refractivity contribution in [2.45, 2.75) is 33.5 Å². The molecule has 4 rings (SSSR count). The average Bonchev–Trinajstić information content (AvgIpc) is 3.32.